The number of carbonyl (C=O) groups is 1. The van der Waals surface area contributed by atoms with Crippen molar-refractivity contribution >= 4 is 33.3 Å². The maximum absolute atomic E-state index is 12.8. The fourth-order valence-electron chi connectivity index (χ4n) is 3.05. The highest BCUT2D eigenvalue weighted by molar-refractivity contribution is 7.89. The number of hydrogen-bond donors (Lipinski definition) is 2. The number of sulfonamides is 1. The van der Waals surface area contributed by atoms with Crippen molar-refractivity contribution in [1.29, 1.82) is 0 Å². The number of carbonyl (C=O) groups excluding carboxylic acids is 1. The summed E-state index contributed by atoms with van der Waals surface area (Å²) in [6.07, 6.45) is 0.689. The molecule has 2 amide bonds. The van der Waals surface area contributed by atoms with Gasteiger partial charge in [0.25, 0.3) is 0 Å². The molecule has 2 aromatic rings. The SMILES string of the molecule is Cc1cccc(CCNC(=O)Nc2cc(S(=O)(=O)N3CCOCC3)ccc2Cl)c1. The molecule has 156 valence electrons. The van der Waals surface area contributed by atoms with E-state index in [0.717, 1.165) is 11.1 Å². The van der Waals surface area contributed by atoms with Crippen LogP contribution in [-0.2, 0) is 21.2 Å². The quantitative estimate of drug-likeness (QED) is 0.727. The van der Waals surface area contributed by atoms with Crippen LogP contribution in [0.3, 0.4) is 0 Å². The van der Waals surface area contributed by atoms with E-state index in [1.807, 2.05) is 25.1 Å². The minimum atomic E-state index is -3.67. The van der Waals surface area contributed by atoms with Crippen molar-refractivity contribution in [3.63, 3.8) is 0 Å². The number of nitrogens with one attached hydrogen (secondary N) is 2. The van der Waals surface area contributed by atoms with Crippen LogP contribution >= 0.6 is 11.6 Å². The van der Waals surface area contributed by atoms with E-state index < -0.39 is 16.1 Å². The summed E-state index contributed by atoms with van der Waals surface area (Å²) < 4.78 is 32.2. The molecule has 2 N–H and O–H groups in total. The van der Waals surface area contributed by atoms with E-state index in [2.05, 4.69) is 16.7 Å². The van der Waals surface area contributed by atoms with E-state index >= 15 is 0 Å². The first kappa shape index (κ1) is 21.6. The Balaban J connectivity index is 1.62. The molecule has 1 aliphatic rings. The normalized spacial score (nSPS) is 15.1. The molecule has 0 aromatic heterocycles. The number of halogens is 1. The van der Waals surface area contributed by atoms with Gasteiger partial charge in [-0.1, -0.05) is 41.4 Å². The van der Waals surface area contributed by atoms with Crippen molar-refractivity contribution in [2.75, 3.05) is 38.2 Å². The number of amides is 2. The van der Waals surface area contributed by atoms with Crippen molar-refractivity contribution < 1.29 is 17.9 Å². The van der Waals surface area contributed by atoms with Gasteiger partial charge in [-0.15, -0.1) is 0 Å². The lowest BCUT2D eigenvalue weighted by Gasteiger charge is -2.26. The van der Waals surface area contributed by atoms with Gasteiger partial charge in [-0.2, -0.15) is 4.31 Å². The van der Waals surface area contributed by atoms with Crippen LogP contribution < -0.4 is 10.6 Å². The molecule has 9 heteroatoms. The Labute approximate surface area is 176 Å². The fourth-order valence-corrected chi connectivity index (χ4v) is 4.65. The Morgan fingerprint density at radius 1 is 1.17 bits per heavy atom. The molecule has 0 unspecified atom stereocenters. The van der Waals surface area contributed by atoms with Crippen molar-refractivity contribution in [2.24, 2.45) is 0 Å². The summed E-state index contributed by atoms with van der Waals surface area (Å²) in [7, 11) is -3.67. The summed E-state index contributed by atoms with van der Waals surface area (Å²) in [4.78, 5) is 12.3. The second-order valence-electron chi connectivity index (χ2n) is 6.78. The number of urea groups is 1. The van der Waals surface area contributed by atoms with Crippen LogP contribution in [0.2, 0.25) is 5.02 Å². The highest BCUT2D eigenvalue weighted by Crippen LogP contribution is 2.27. The van der Waals surface area contributed by atoms with Crippen LogP contribution in [0.4, 0.5) is 10.5 Å². The summed E-state index contributed by atoms with van der Waals surface area (Å²) in [5.74, 6) is 0. The van der Waals surface area contributed by atoms with Crippen LogP contribution in [0.1, 0.15) is 11.1 Å². The molecule has 0 bridgehead atoms. The van der Waals surface area contributed by atoms with E-state index in [4.69, 9.17) is 16.3 Å². The molecule has 1 saturated heterocycles. The number of hydrogen-bond acceptors (Lipinski definition) is 4. The molecule has 1 aliphatic heterocycles. The van der Waals surface area contributed by atoms with Gasteiger partial charge in [-0.3, -0.25) is 0 Å². The Morgan fingerprint density at radius 2 is 1.93 bits per heavy atom. The van der Waals surface area contributed by atoms with Crippen molar-refractivity contribution in [3.8, 4) is 0 Å². The van der Waals surface area contributed by atoms with Gasteiger partial charge < -0.3 is 15.4 Å². The number of morpholine rings is 1. The Hall–Kier alpha value is -2.13. The van der Waals surface area contributed by atoms with E-state index in [0.29, 0.717) is 39.3 Å². The molecular formula is C20H24ClN3O4S. The van der Waals surface area contributed by atoms with Crippen molar-refractivity contribution in [1.82, 2.24) is 9.62 Å². The van der Waals surface area contributed by atoms with Crippen LogP contribution in [-0.4, -0.2) is 51.6 Å². The third-order valence-corrected chi connectivity index (χ3v) is 6.80. The topological polar surface area (TPSA) is 87.7 Å². The van der Waals surface area contributed by atoms with E-state index in [1.54, 1.807) is 0 Å². The smallest absolute Gasteiger partial charge is 0.319 e. The fraction of sp³-hybridized carbons (Fsp3) is 0.350. The lowest BCUT2D eigenvalue weighted by Crippen LogP contribution is -2.40. The predicted molar refractivity (Wildman–Crippen MR) is 113 cm³/mol. The third-order valence-electron chi connectivity index (χ3n) is 4.58. The first-order valence-electron chi connectivity index (χ1n) is 9.34. The lowest BCUT2D eigenvalue weighted by molar-refractivity contribution is 0.0730. The molecule has 0 radical (unpaired) electrons. The molecule has 7 nitrogen and oxygen atoms in total. The van der Waals surface area contributed by atoms with Crippen LogP contribution in [0.15, 0.2) is 47.4 Å². The number of rotatable bonds is 6. The van der Waals surface area contributed by atoms with Crippen molar-refractivity contribution in [3.05, 3.63) is 58.6 Å². The Kier molecular flexibility index (Phi) is 7.13. The standard InChI is InChI=1S/C20H24ClN3O4S/c1-15-3-2-4-16(13-15)7-8-22-20(25)23-19-14-17(5-6-18(19)21)29(26,27)24-9-11-28-12-10-24/h2-6,13-14H,7-12H2,1H3,(H2,22,23,25). The second-order valence-corrected chi connectivity index (χ2v) is 9.12. The molecular weight excluding hydrogens is 414 g/mol. The molecule has 0 aliphatic carbocycles. The van der Waals surface area contributed by atoms with Gasteiger partial charge in [-0.25, -0.2) is 13.2 Å². The van der Waals surface area contributed by atoms with Gasteiger partial charge >= 0.3 is 6.03 Å². The molecule has 2 aromatic carbocycles. The number of anilines is 1. The van der Waals surface area contributed by atoms with Crippen molar-refractivity contribution in [2.45, 2.75) is 18.2 Å². The predicted octanol–water partition coefficient (Wildman–Crippen LogP) is 3.03. The molecule has 1 heterocycles. The summed E-state index contributed by atoms with van der Waals surface area (Å²) in [5.41, 5.74) is 2.54. The van der Waals surface area contributed by atoms with Gasteiger partial charge in [0.1, 0.15) is 0 Å². The summed E-state index contributed by atoms with van der Waals surface area (Å²) in [6.45, 7) is 3.78. The second kappa shape index (κ2) is 9.58. The van der Waals surface area contributed by atoms with Gasteiger partial charge in [-0.05, 0) is 37.1 Å². The van der Waals surface area contributed by atoms with Gasteiger partial charge in [0.15, 0.2) is 0 Å². The van der Waals surface area contributed by atoms with Gasteiger partial charge in [0.2, 0.25) is 10.0 Å². The van der Waals surface area contributed by atoms with E-state index in [9.17, 15) is 13.2 Å². The summed E-state index contributed by atoms with van der Waals surface area (Å²) in [5, 5.41) is 5.66. The molecule has 1 fully saturated rings. The van der Waals surface area contributed by atoms with Crippen LogP contribution in [0, 0.1) is 6.92 Å². The average molecular weight is 438 g/mol. The summed E-state index contributed by atoms with van der Waals surface area (Å²) in [6, 6.07) is 11.9. The highest BCUT2D eigenvalue weighted by atomic mass is 35.5. The Bertz CT molecular complexity index is 975. The zero-order chi connectivity index (χ0) is 20.9. The average Bonchev–Trinajstić information content (AvgIpc) is 2.70. The maximum atomic E-state index is 12.8. The largest absolute Gasteiger partial charge is 0.379 e. The number of ether oxygens (including phenoxy) is 1. The summed E-state index contributed by atoms with van der Waals surface area (Å²) >= 11 is 6.15. The van der Waals surface area contributed by atoms with Crippen LogP contribution in [0.25, 0.3) is 0 Å². The first-order valence-corrected chi connectivity index (χ1v) is 11.2. The first-order chi connectivity index (χ1) is 13.9. The monoisotopic (exact) mass is 437 g/mol. The molecule has 0 saturated carbocycles. The number of nitrogens with zero attached hydrogens (tertiary/aromatic N) is 1. The molecule has 3 rings (SSSR count). The Morgan fingerprint density at radius 3 is 2.66 bits per heavy atom. The zero-order valence-corrected chi connectivity index (χ0v) is 17.7. The molecule has 0 spiro atoms. The minimum absolute atomic E-state index is 0.0823. The van der Waals surface area contributed by atoms with Gasteiger partial charge in [0, 0.05) is 19.6 Å². The van der Waals surface area contributed by atoms with Gasteiger partial charge in [0.05, 0.1) is 28.8 Å². The zero-order valence-electron chi connectivity index (χ0n) is 16.2. The molecule has 29 heavy (non-hydrogen) atoms. The number of aryl methyl sites for hydroxylation is 1. The van der Waals surface area contributed by atoms with E-state index in [-0.39, 0.29) is 15.6 Å². The number of benzene rings is 2. The maximum Gasteiger partial charge on any atom is 0.319 e. The van der Waals surface area contributed by atoms with Crippen LogP contribution in [0.5, 0.6) is 0 Å². The lowest BCUT2D eigenvalue weighted by atomic mass is 10.1. The minimum Gasteiger partial charge on any atom is -0.379 e. The van der Waals surface area contributed by atoms with E-state index in [1.165, 1.54) is 22.5 Å². The third kappa shape index (κ3) is 5.70. The highest BCUT2D eigenvalue weighted by Gasteiger charge is 2.27. The molecule has 0 atom stereocenters.